The van der Waals surface area contributed by atoms with Gasteiger partial charge in [-0.3, -0.25) is 9.59 Å². The Kier molecular flexibility index (Phi) is 18.5. The molecule has 1 atom stereocenters. The van der Waals surface area contributed by atoms with Crippen LogP contribution in [0.1, 0.15) is 155 Å². The molecule has 33 heavy (non-hydrogen) atoms. The lowest BCUT2D eigenvalue weighted by molar-refractivity contribution is -0.158. The Morgan fingerprint density at radius 3 is 1.39 bits per heavy atom. The van der Waals surface area contributed by atoms with Crippen LogP contribution < -0.4 is 0 Å². The quantitative estimate of drug-likeness (QED) is 0.135. The van der Waals surface area contributed by atoms with E-state index in [0.29, 0.717) is 25.7 Å². The van der Waals surface area contributed by atoms with Gasteiger partial charge in [-0.25, -0.2) is 0 Å². The summed E-state index contributed by atoms with van der Waals surface area (Å²) in [6.45, 7) is 4.51. The van der Waals surface area contributed by atoms with E-state index in [0.717, 1.165) is 25.7 Å². The first kappa shape index (κ1) is 30.0. The molecule has 0 amide bonds. The summed E-state index contributed by atoms with van der Waals surface area (Å²) >= 11 is 0. The van der Waals surface area contributed by atoms with Gasteiger partial charge in [-0.15, -0.1) is 0 Å². The van der Waals surface area contributed by atoms with Crippen LogP contribution in [0.2, 0.25) is 0 Å². The highest BCUT2D eigenvalue weighted by Gasteiger charge is 2.31. The van der Waals surface area contributed by atoms with Crippen molar-refractivity contribution in [2.75, 3.05) is 0 Å². The van der Waals surface area contributed by atoms with Gasteiger partial charge in [-0.2, -0.15) is 0 Å². The smallest absolute Gasteiger partial charge is 0.309 e. The lowest BCUT2D eigenvalue weighted by Gasteiger charge is -2.27. The van der Waals surface area contributed by atoms with Crippen LogP contribution in [-0.2, 0) is 14.3 Å². The van der Waals surface area contributed by atoms with Gasteiger partial charge in [-0.1, -0.05) is 104 Å². The summed E-state index contributed by atoms with van der Waals surface area (Å²) in [5, 5.41) is 9.19. The van der Waals surface area contributed by atoms with Gasteiger partial charge in [0.25, 0.3) is 0 Å². The van der Waals surface area contributed by atoms with Gasteiger partial charge in [0.05, 0.1) is 11.8 Å². The van der Waals surface area contributed by atoms with E-state index in [1.54, 1.807) is 0 Å². The van der Waals surface area contributed by atoms with E-state index in [1.165, 1.54) is 89.9 Å². The second-order valence-corrected chi connectivity index (χ2v) is 10.5. The van der Waals surface area contributed by atoms with Gasteiger partial charge in [0, 0.05) is 0 Å². The van der Waals surface area contributed by atoms with Crippen molar-refractivity contribution in [3.63, 3.8) is 0 Å². The first-order valence-corrected chi connectivity index (χ1v) is 14.5. The summed E-state index contributed by atoms with van der Waals surface area (Å²) < 4.78 is 6.02. The van der Waals surface area contributed by atoms with E-state index < -0.39 is 5.97 Å². The zero-order valence-corrected chi connectivity index (χ0v) is 22.0. The molecule has 0 radical (unpaired) electrons. The van der Waals surface area contributed by atoms with Crippen molar-refractivity contribution >= 4 is 11.9 Å². The van der Waals surface area contributed by atoms with Crippen LogP contribution >= 0.6 is 0 Å². The molecule has 0 heterocycles. The number of aliphatic carboxylic acids is 1. The number of rotatable bonds is 21. The molecule has 1 aliphatic rings. The molecule has 1 saturated carbocycles. The zero-order chi connectivity index (χ0) is 24.2. The Balaban J connectivity index is 2.31. The van der Waals surface area contributed by atoms with Crippen molar-refractivity contribution in [1.82, 2.24) is 0 Å². The Morgan fingerprint density at radius 2 is 1.00 bits per heavy atom. The lowest BCUT2D eigenvalue weighted by Crippen LogP contribution is -2.29. The summed E-state index contributed by atoms with van der Waals surface area (Å²) in [4.78, 5) is 24.0. The number of carbonyl (C=O) groups is 2. The van der Waals surface area contributed by atoms with Crippen LogP contribution in [0.15, 0.2) is 0 Å². The van der Waals surface area contributed by atoms with Gasteiger partial charge in [0.2, 0.25) is 0 Å². The summed E-state index contributed by atoms with van der Waals surface area (Å²) in [6.07, 6.45) is 25.3. The number of esters is 1. The van der Waals surface area contributed by atoms with Gasteiger partial charge in [0.15, 0.2) is 0 Å². The standard InChI is InChI=1S/C29H54O4/c1-3-5-7-9-11-12-14-16-18-20-27(19-17-15-13-10-8-6-4-2)33-29(32)26-23-21-25(22-24-26)28(30)31/h25-27H,3-24H2,1-2H3,(H,30,31). The number of hydrogen-bond donors (Lipinski definition) is 1. The summed E-state index contributed by atoms with van der Waals surface area (Å²) in [7, 11) is 0. The van der Waals surface area contributed by atoms with Gasteiger partial charge >= 0.3 is 11.9 Å². The van der Waals surface area contributed by atoms with E-state index in [9.17, 15) is 14.7 Å². The predicted octanol–water partition coefficient (Wildman–Crippen LogP) is 8.85. The largest absolute Gasteiger partial charge is 0.481 e. The van der Waals surface area contributed by atoms with Crippen LogP contribution in [0.4, 0.5) is 0 Å². The summed E-state index contributed by atoms with van der Waals surface area (Å²) in [5.41, 5.74) is 0. The van der Waals surface area contributed by atoms with E-state index in [4.69, 9.17) is 4.74 Å². The first-order valence-electron chi connectivity index (χ1n) is 14.5. The van der Waals surface area contributed by atoms with Crippen LogP contribution in [0.5, 0.6) is 0 Å². The molecule has 1 N–H and O–H groups in total. The number of unbranched alkanes of at least 4 members (excludes halogenated alkanes) is 14. The van der Waals surface area contributed by atoms with Gasteiger partial charge < -0.3 is 9.84 Å². The Labute approximate surface area is 204 Å². The summed E-state index contributed by atoms with van der Waals surface area (Å²) in [5.74, 6) is -1.16. The van der Waals surface area contributed by atoms with Crippen molar-refractivity contribution in [2.45, 2.75) is 161 Å². The molecule has 4 heteroatoms. The maximum absolute atomic E-state index is 12.8. The van der Waals surface area contributed by atoms with E-state index in [-0.39, 0.29) is 23.9 Å². The fraction of sp³-hybridized carbons (Fsp3) is 0.931. The predicted molar refractivity (Wildman–Crippen MR) is 137 cm³/mol. The molecular formula is C29H54O4. The van der Waals surface area contributed by atoms with Gasteiger partial charge in [0.1, 0.15) is 6.10 Å². The molecule has 1 rings (SSSR count). The molecule has 194 valence electrons. The normalized spacial score (nSPS) is 19.3. The molecule has 0 aromatic rings. The highest BCUT2D eigenvalue weighted by atomic mass is 16.5. The van der Waals surface area contributed by atoms with Crippen molar-refractivity contribution in [3.05, 3.63) is 0 Å². The minimum absolute atomic E-state index is 0.0508. The number of carboxylic acids is 1. The maximum Gasteiger partial charge on any atom is 0.309 e. The molecule has 0 spiro atoms. The topological polar surface area (TPSA) is 63.6 Å². The maximum atomic E-state index is 12.8. The molecule has 0 bridgehead atoms. The van der Waals surface area contributed by atoms with Crippen molar-refractivity contribution < 1.29 is 19.4 Å². The molecule has 1 aliphatic carbocycles. The SMILES string of the molecule is CCCCCCCCCCCC(CCCCCCCCC)OC(=O)C1CCC(C(=O)O)CC1. The number of hydrogen-bond acceptors (Lipinski definition) is 3. The van der Waals surface area contributed by atoms with Crippen LogP contribution in [0, 0.1) is 11.8 Å². The zero-order valence-electron chi connectivity index (χ0n) is 22.0. The van der Waals surface area contributed by atoms with Gasteiger partial charge in [-0.05, 0) is 51.4 Å². The first-order chi connectivity index (χ1) is 16.1. The highest BCUT2D eigenvalue weighted by Crippen LogP contribution is 2.30. The third-order valence-electron chi connectivity index (χ3n) is 7.45. The van der Waals surface area contributed by atoms with Crippen LogP contribution in [-0.4, -0.2) is 23.1 Å². The second kappa shape index (κ2) is 20.3. The minimum atomic E-state index is -0.719. The van der Waals surface area contributed by atoms with Crippen molar-refractivity contribution in [2.24, 2.45) is 11.8 Å². The van der Waals surface area contributed by atoms with Crippen molar-refractivity contribution in [1.29, 1.82) is 0 Å². The van der Waals surface area contributed by atoms with Crippen LogP contribution in [0.3, 0.4) is 0 Å². The van der Waals surface area contributed by atoms with Crippen molar-refractivity contribution in [3.8, 4) is 0 Å². The monoisotopic (exact) mass is 466 g/mol. The summed E-state index contributed by atoms with van der Waals surface area (Å²) in [6, 6.07) is 0. The molecule has 0 saturated heterocycles. The van der Waals surface area contributed by atoms with E-state index in [2.05, 4.69) is 13.8 Å². The fourth-order valence-electron chi connectivity index (χ4n) is 5.11. The number of carboxylic acid groups (broad SMARTS) is 1. The van der Waals surface area contributed by atoms with Crippen LogP contribution in [0.25, 0.3) is 0 Å². The molecule has 0 aromatic carbocycles. The lowest BCUT2D eigenvalue weighted by atomic mass is 9.82. The number of ether oxygens (including phenoxy) is 1. The molecule has 1 unspecified atom stereocenters. The Bertz CT molecular complexity index is 482. The molecule has 0 aliphatic heterocycles. The third kappa shape index (κ3) is 15.5. The fourth-order valence-corrected chi connectivity index (χ4v) is 5.11. The molecular weight excluding hydrogens is 412 g/mol. The third-order valence-corrected chi connectivity index (χ3v) is 7.45. The Morgan fingerprint density at radius 1 is 0.636 bits per heavy atom. The number of carbonyl (C=O) groups excluding carboxylic acids is 1. The average Bonchev–Trinajstić information content (AvgIpc) is 2.82. The average molecular weight is 467 g/mol. The second-order valence-electron chi connectivity index (χ2n) is 10.5. The molecule has 0 aromatic heterocycles. The minimum Gasteiger partial charge on any atom is -0.481 e. The molecule has 4 nitrogen and oxygen atoms in total. The molecule has 1 fully saturated rings. The highest BCUT2D eigenvalue weighted by molar-refractivity contribution is 5.74. The Hall–Kier alpha value is -1.06. The van der Waals surface area contributed by atoms with E-state index >= 15 is 0 Å². The van der Waals surface area contributed by atoms with E-state index in [1.807, 2.05) is 0 Å².